The molecule has 1 atom stereocenters. The number of carbonyl (C=O) groups is 3. The Morgan fingerprint density at radius 3 is 2.70 bits per heavy atom. The molecule has 1 saturated heterocycles. The van der Waals surface area contributed by atoms with Gasteiger partial charge in [-0.3, -0.25) is 14.4 Å². The third-order valence-electron chi connectivity index (χ3n) is 4.81. The number of benzene rings is 2. The Hall–Kier alpha value is -3.15. The highest BCUT2D eigenvalue weighted by Gasteiger charge is 2.34. The molecule has 6 heteroatoms. The van der Waals surface area contributed by atoms with E-state index in [0.29, 0.717) is 18.7 Å². The van der Waals surface area contributed by atoms with Gasteiger partial charge >= 0.3 is 0 Å². The molecule has 0 bridgehead atoms. The topological polar surface area (TPSA) is 78.5 Å². The molecule has 2 N–H and O–H groups in total. The van der Waals surface area contributed by atoms with Crippen LogP contribution in [0.2, 0.25) is 0 Å². The average Bonchev–Trinajstić information content (AvgIpc) is 2.69. The molecule has 1 heterocycles. The quantitative estimate of drug-likeness (QED) is 0.866. The van der Waals surface area contributed by atoms with Crippen LogP contribution in [0.15, 0.2) is 48.5 Å². The molecule has 1 aliphatic heterocycles. The molecule has 0 radical (unpaired) electrons. The van der Waals surface area contributed by atoms with Crippen LogP contribution in [-0.2, 0) is 9.59 Å². The summed E-state index contributed by atoms with van der Waals surface area (Å²) < 4.78 is 0. The van der Waals surface area contributed by atoms with Crippen LogP contribution in [0.4, 0.5) is 0 Å². The van der Waals surface area contributed by atoms with Crippen molar-refractivity contribution in [3.8, 4) is 11.1 Å². The number of rotatable bonds is 4. The van der Waals surface area contributed by atoms with Crippen molar-refractivity contribution in [1.82, 2.24) is 15.5 Å². The zero-order valence-corrected chi connectivity index (χ0v) is 15.5. The lowest BCUT2D eigenvalue weighted by Gasteiger charge is -2.34. The Balaban J connectivity index is 1.90. The summed E-state index contributed by atoms with van der Waals surface area (Å²) in [5, 5.41) is 5.24. The largest absolute Gasteiger partial charge is 0.359 e. The van der Waals surface area contributed by atoms with Gasteiger partial charge in [0, 0.05) is 25.7 Å². The van der Waals surface area contributed by atoms with Gasteiger partial charge in [0.05, 0.1) is 6.42 Å². The van der Waals surface area contributed by atoms with Gasteiger partial charge in [-0.05, 0) is 35.7 Å². The van der Waals surface area contributed by atoms with E-state index >= 15 is 0 Å². The van der Waals surface area contributed by atoms with E-state index in [9.17, 15) is 14.4 Å². The smallest absolute Gasteiger partial charge is 0.254 e. The number of hydrogen-bond acceptors (Lipinski definition) is 3. The molecule has 3 amide bonds. The number of aryl methyl sites for hydroxylation is 1. The predicted molar refractivity (Wildman–Crippen MR) is 103 cm³/mol. The number of hydrogen-bond donors (Lipinski definition) is 2. The van der Waals surface area contributed by atoms with Crippen LogP contribution in [0.1, 0.15) is 22.3 Å². The van der Waals surface area contributed by atoms with Crippen LogP contribution in [-0.4, -0.2) is 48.8 Å². The van der Waals surface area contributed by atoms with E-state index in [1.807, 2.05) is 49.4 Å². The first-order valence-electron chi connectivity index (χ1n) is 8.96. The minimum atomic E-state index is -0.798. The van der Waals surface area contributed by atoms with Crippen LogP contribution in [0.25, 0.3) is 11.1 Å². The molecule has 27 heavy (non-hydrogen) atoms. The molecule has 1 fully saturated rings. The first-order chi connectivity index (χ1) is 13.0. The van der Waals surface area contributed by atoms with Gasteiger partial charge in [-0.2, -0.15) is 0 Å². The third-order valence-corrected chi connectivity index (χ3v) is 4.81. The Morgan fingerprint density at radius 2 is 1.96 bits per heavy atom. The van der Waals surface area contributed by atoms with Gasteiger partial charge in [-0.15, -0.1) is 0 Å². The van der Waals surface area contributed by atoms with E-state index in [1.54, 1.807) is 6.07 Å². The fourth-order valence-electron chi connectivity index (χ4n) is 3.32. The molecule has 6 nitrogen and oxygen atoms in total. The number of amides is 3. The molecule has 0 unspecified atom stereocenters. The van der Waals surface area contributed by atoms with E-state index in [0.717, 1.165) is 16.7 Å². The lowest BCUT2D eigenvalue weighted by atomic mass is 9.98. The highest BCUT2D eigenvalue weighted by atomic mass is 16.2. The fraction of sp³-hybridized carbons (Fsp3) is 0.286. The van der Waals surface area contributed by atoms with E-state index in [4.69, 9.17) is 0 Å². The molecule has 3 rings (SSSR count). The molecule has 1 aliphatic rings. The van der Waals surface area contributed by atoms with Crippen molar-refractivity contribution in [2.45, 2.75) is 19.4 Å². The number of piperazine rings is 1. The van der Waals surface area contributed by atoms with Crippen LogP contribution < -0.4 is 10.6 Å². The Kier molecular flexibility index (Phi) is 5.54. The van der Waals surface area contributed by atoms with E-state index < -0.39 is 6.04 Å². The Morgan fingerprint density at radius 1 is 1.19 bits per heavy atom. The third kappa shape index (κ3) is 4.00. The van der Waals surface area contributed by atoms with Crippen LogP contribution >= 0.6 is 0 Å². The highest BCUT2D eigenvalue weighted by Crippen LogP contribution is 2.25. The first-order valence-corrected chi connectivity index (χ1v) is 8.96. The monoisotopic (exact) mass is 365 g/mol. The standard InChI is InChI=1S/C21H23N3O3/c1-14-6-3-4-9-17(14)15-7-5-8-16(12-15)21(27)24-11-10-23-20(26)18(24)13-19(25)22-2/h3-9,12,18H,10-11,13H2,1-2H3,(H,22,25)(H,23,26)/t18-/m1/s1. The summed E-state index contributed by atoms with van der Waals surface area (Å²) in [7, 11) is 1.51. The summed E-state index contributed by atoms with van der Waals surface area (Å²) >= 11 is 0. The number of carbonyl (C=O) groups excluding carboxylic acids is 3. The maximum absolute atomic E-state index is 13.1. The molecule has 2 aromatic rings. The fourth-order valence-corrected chi connectivity index (χ4v) is 3.32. The van der Waals surface area contributed by atoms with Gasteiger partial charge in [0.1, 0.15) is 6.04 Å². The molecule has 0 saturated carbocycles. The molecule has 0 spiro atoms. The van der Waals surface area contributed by atoms with Gasteiger partial charge in [-0.1, -0.05) is 36.4 Å². The van der Waals surface area contributed by atoms with E-state index in [2.05, 4.69) is 10.6 Å². The predicted octanol–water partition coefficient (Wildman–Crippen LogP) is 1.74. The van der Waals surface area contributed by atoms with Crippen molar-refractivity contribution >= 4 is 17.7 Å². The van der Waals surface area contributed by atoms with Crippen molar-refractivity contribution < 1.29 is 14.4 Å². The minimum Gasteiger partial charge on any atom is -0.359 e. The van der Waals surface area contributed by atoms with Gasteiger partial charge < -0.3 is 15.5 Å². The molecule has 0 aliphatic carbocycles. The summed E-state index contributed by atoms with van der Waals surface area (Å²) in [6.45, 7) is 2.78. The van der Waals surface area contributed by atoms with Crippen molar-refractivity contribution in [2.75, 3.05) is 20.1 Å². The van der Waals surface area contributed by atoms with Crippen molar-refractivity contribution in [1.29, 1.82) is 0 Å². The summed E-state index contributed by atoms with van der Waals surface area (Å²) in [5.41, 5.74) is 3.64. The summed E-state index contributed by atoms with van der Waals surface area (Å²) in [4.78, 5) is 38.6. The normalized spacial score (nSPS) is 16.6. The average molecular weight is 365 g/mol. The first kappa shape index (κ1) is 18.6. The van der Waals surface area contributed by atoms with Crippen molar-refractivity contribution in [2.24, 2.45) is 0 Å². The maximum Gasteiger partial charge on any atom is 0.254 e. The SMILES string of the molecule is CNC(=O)C[C@@H]1C(=O)NCCN1C(=O)c1cccc(-c2ccccc2C)c1. The highest BCUT2D eigenvalue weighted by molar-refractivity contribution is 6.00. The van der Waals surface area contributed by atoms with E-state index in [-0.39, 0.29) is 24.1 Å². The molecule has 0 aromatic heterocycles. The Labute approximate surface area is 158 Å². The molecule has 2 aromatic carbocycles. The summed E-state index contributed by atoms with van der Waals surface area (Å²) in [6.07, 6.45) is -0.0500. The second kappa shape index (κ2) is 8.03. The zero-order valence-electron chi connectivity index (χ0n) is 15.5. The van der Waals surface area contributed by atoms with Crippen molar-refractivity contribution in [3.05, 3.63) is 59.7 Å². The van der Waals surface area contributed by atoms with Crippen LogP contribution in [0.3, 0.4) is 0 Å². The van der Waals surface area contributed by atoms with Gasteiger partial charge in [0.15, 0.2) is 0 Å². The summed E-state index contributed by atoms with van der Waals surface area (Å²) in [6, 6.07) is 14.6. The molecular weight excluding hydrogens is 342 g/mol. The van der Waals surface area contributed by atoms with Gasteiger partial charge in [0.25, 0.3) is 5.91 Å². The van der Waals surface area contributed by atoms with Gasteiger partial charge in [0.2, 0.25) is 11.8 Å². The van der Waals surface area contributed by atoms with Crippen LogP contribution in [0.5, 0.6) is 0 Å². The lowest BCUT2D eigenvalue weighted by molar-refractivity contribution is -0.132. The molecular formula is C21H23N3O3. The van der Waals surface area contributed by atoms with Crippen molar-refractivity contribution in [3.63, 3.8) is 0 Å². The van der Waals surface area contributed by atoms with E-state index in [1.165, 1.54) is 11.9 Å². The maximum atomic E-state index is 13.1. The lowest BCUT2D eigenvalue weighted by Crippen LogP contribution is -2.58. The molecule has 140 valence electrons. The minimum absolute atomic E-state index is 0.0500. The second-order valence-corrected chi connectivity index (χ2v) is 6.58. The zero-order chi connectivity index (χ0) is 19.4. The summed E-state index contributed by atoms with van der Waals surface area (Å²) in [5.74, 6) is -0.814. The number of nitrogens with one attached hydrogen (secondary N) is 2. The second-order valence-electron chi connectivity index (χ2n) is 6.58. The number of nitrogens with zero attached hydrogens (tertiary/aromatic N) is 1. The Bertz CT molecular complexity index is 878. The van der Waals surface area contributed by atoms with Gasteiger partial charge in [-0.25, -0.2) is 0 Å². The van der Waals surface area contributed by atoms with Crippen LogP contribution in [0, 0.1) is 6.92 Å².